The van der Waals surface area contributed by atoms with Crippen LogP contribution in [-0.4, -0.2) is 40.1 Å². The molecule has 6 rings (SSSR count). The topological polar surface area (TPSA) is 118 Å². The van der Waals surface area contributed by atoms with Gasteiger partial charge in [0.1, 0.15) is 24.7 Å². The van der Waals surface area contributed by atoms with Gasteiger partial charge in [-0.2, -0.15) is 0 Å². The van der Waals surface area contributed by atoms with Gasteiger partial charge in [-0.1, -0.05) is 12.1 Å². The van der Waals surface area contributed by atoms with Crippen LogP contribution in [0.25, 0.3) is 33.1 Å². The minimum absolute atomic E-state index is 0.310. The summed E-state index contributed by atoms with van der Waals surface area (Å²) in [6.45, 7) is 1.25. The fraction of sp³-hybridized carbons (Fsp3) is 0.261. The Morgan fingerprint density at radius 2 is 2.16 bits per heavy atom. The van der Waals surface area contributed by atoms with E-state index >= 15 is 0 Å². The number of aromatic amines is 1. The van der Waals surface area contributed by atoms with Gasteiger partial charge in [0.2, 0.25) is 5.91 Å². The molecule has 2 aromatic heterocycles. The Kier molecular flexibility index (Phi) is 3.99. The van der Waals surface area contributed by atoms with E-state index in [1.54, 1.807) is 6.33 Å². The number of carbonyl (C=O) groups is 1. The maximum absolute atomic E-state index is 11.9. The highest BCUT2D eigenvalue weighted by Gasteiger charge is 2.35. The second kappa shape index (κ2) is 6.87. The number of fused-ring (bicyclic) bond motifs is 1. The lowest BCUT2D eigenvalue weighted by Gasteiger charge is -2.17. The number of ether oxygens (including phenoxy) is 1. The summed E-state index contributed by atoms with van der Waals surface area (Å²) in [7, 11) is 0. The highest BCUT2D eigenvalue weighted by Crippen LogP contribution is 2.44. The van der Waals surface area contributed by atoms with Crippen molar-refractivity contribution in [2.75, 3.05) is 23.8 Å². The van der Waals surface area contributed by atoms with Crippen LogP contribution >= 0.6 is 0 Å². The van der Waals surface area contributed by atoms with E-state index in [1.165, 1.54) is 0 Å². The van der Waals surface area contributed by atoms with Gasteiger partial charge >= 0.3 is 0 Å². The van der Waals surface area contributed by atoms with Crippen molar-refractivity contribution in [2.45, 2.75) is 18.9 Å². The van der Waals surface area contributed by atoms with E-state index in [9.17, 15) is 4.79 Å². The van der Waals surface area contributed by atoms with Crippen LogP contribution in [0.3, 0.4) is 0 Å². The van der Waals surface area contributed by atoms with Crippen molar-refractivity contribution >= 4 is 39.1 Å². The minimum Gasteiger partial charge on any atom is -0.491 e. The van der Waals surface area contributed by atoms with Gasteiger partial charge in [0.15, 0.2) is 0 Å². The summed E-state index contributed by atoms with van der Waals surface area (Å²) >= 11 is 0. The third-order valence-electron chi connectivity index (χ3n) is 6.04. The SMILES string of the molecule is NC(=O)[C@@H](Nc1cc2c3c(c(-c4ccc5cncnc5c4)[nH]c3c1)NCCO2)C1CC1. The first-order valence-corrected chi connectivity index (χ1v) is 10.5. The molecule has 4 aromatic rings. The first-order valence-electron chi connectivity index (χ1n) is 10.5. The highest BCUT2D eigenvalue weighted by atomic mass is 16.5. The Hall–Kier alpha value is -3.81. The molecular formula is C23H22N6O2. The van der Waals surface area contributed by atoms with E-state index in [-0.39, 0.29) is 11.9 Å². The van der Waals surface area contributed by atoms with Crippen molar-refractivity contribution in [3.8, 4) is 17.0 Å². The predicted molar refractivity (Wildman–Crippen MR) is 120 cm³/mol. The van der Waals surface area contributed by atoms with Crippen molar-refractivity contribution in [3.05, 3.63) is 42.9 Å². The molecule has 2 aliphatic rings. The lowest BCUT2D eigenvalue weighted by molar-refractivity contribution is -0.119. The van der Waals surface area contributed by atoms with Crippen LogP contribution in [0.1, 0.15) is 12.8 Å². The van der Waals surface area contributed by atoms with Crippen LogP contribution in [0.4, 0.5) is 11.4 Å². The van der Waals surface area contributed by atoms with Crippen molar-refractivity contribution < 1.29 is 9.53 Å². The van der Waals surface area contributed by atoms with Gasteiger partial charge in [-0.05, 0) is 30.9 Å². The fourth-order valence-corrected chi connectivity index (χ4v) is 4.38. The number of nitrogens with two attached hydrogens (primary N) is 1. The summed E-state index contributed by atoms with van der Waals surface area (Å²) in [5.74, 6) is 0.774. The number of carbonyl (C=O) groups excluding carboxylic acids is 1. The first kappa shape index (κ1) is 18.0. The first-order chi connectivity index (χ1) is 15.2. The number of anilines is 2. The molecule has 156 valence electrons. The monoisotopic (exact) mass is 414 g/mol. The Balaban J connectivity index is 1.48. The Morgan fingerprint density at radius 1 is 1.26 bits per heavy atom. The van der Waals surface area contributed by atoms with Gasteiger partial charge in [-0.15, -0.1) is 0 Å². The zero-order valence-electron chi connectivity index (χ0n) is 16.8. The average molecular weight is 414 g/mol. The zero-order chi connectivity index (χ0) is 20.9. The number of hydrogen-bond acceptors (Lipinski definition) is 6. The van der Waals surface area contributed by atoms with Crippen LogP contribution in [0.5, 0.6) is 5.75 Å². The molecule has 8 heteroatoms. The van der Waals surface area contributed by atoms with E-state index < -0.39 is 0 Å². The average Bonchev–Trinajstić information content (AvgIpc) is 3.57. The molecule has 0 unspecified atom stereocenters. The normalized spacial score (nSPS) is 16.4. The molecule has 5 N–H and O–H groups in total. The summed E-state index contributed by atoms with van der Waals surface area (Å²) in [5.41, 5.74) is 11.3. The van der Waals surface area contributed by atoms with Gasteiger partial charge in [0.25, 0.3) is 0 Å². The van der Waals surface area contributed by atoms with Crippen molar-refractivity contribution in [1.82, 2.24) is 15.0 Å². The molecule has 31 heavy (non-hydrogen) atoms. The molecule has 3 heterocycles. The molecule has 0 saturated heterocycles. The molecular weight excluding hydrogens is 392 g/mol. The summed E-state index contributed by atoms with van der Waals surface area (Å²) in [6, 6.07) is 9.77. The predicted octanol–water partition coefficient (Wildman–Crippen LogP) is 3.26. The van der Waals surface area contributed by atoms with E-state index in [0.29, 0.717) is 19.1 Å². The number of amides is 1. The third kappa shape index (κ3) is 3.11. The largest absolute Gasteiger partial charge is 0.491 e. The molecule has 1 saturated carbocycles. The van der Waals surface area contributed by atoms with E-state index in [0.717, 1.165) is 63.0 Å². The summed E-state index contributed by atoms with van der Waals surface area (Å²) < 4.78 is 6.04. The number of nitrogens with one attached hydrogen (secondary N) is 3. The Labute approximate surface area is 178 Å². The van der Waals surface area contributed by atoms with Gasteiger partial charge in [0.05, 0.1) is 27.8 Å². The number of nitrogens with zero attached hydrogens (tertiary/aromatic N) is 2. The second-order valence-electron chi connectivity index (χ2n) is 8.21. The molecule has 1 atom stereocenters. The van der Waals surface area contributed by atoms with E-state index in [2.05, 4.69) is 37.7 Å². The van der Waals surface area contributed by atoms with Crippen LogP contribution in [0.2, 0.25) is 0 Å². The number of rotatable bonds is 5. The standard InChI is InChI=1S/C23H22N6O2/c24-23(30)21(12-1-2-12)28-15-8-17-19-18(9-15)31-6-5-26-22(19)20(29-17)13-3-4-14-10-25-11-27-16(14)7-13/h3-4,7-12,21,26,28-29H,1-2,5-6H2,(H2,24,30)/t21-/m0/s1. The Bertz CT molecular complexity index is 1330. The molecule has 8 nitrogen and oxygen atoms in total. The number of hydrogen-bond donors (Lipinski definition) is 4. The number of H-pyrrole nitrogens is 1. The van der Waals surface area contributed by atoms with Gasteiger partial charge < -0.3 is 26.1 Å². The number of benzene rings is 2. The molecule has 1 aliphatic carbocycles. The Morgan fingerprint density at radius 3 is 3.00 bits per heavy atom. The summed E-state index contributed by atoms with van der Waals surface area (Å²) in [5, 5.41) is 8.84. The van der Waals surface area contributed by atoms with Crippen LogP contribution in [0.15, 0.2) is 42.9 Å². The number of aromatic nitrogens is 3. The maximum Gasteiger partial charge on any atom is 0.240 e. The molecule has 2 aromatic carbocycles. The molecule has 1 fully saturated rings. The fourth-order valence-electron chi connectivity index (χ4n) is 4.38. The lowest BCUT2D eigenvalue weighted by atomic mass is 10.1. The van der Waals surface area contributed by atoms with Crippen LogP contribution in [-0.2, 0) is 4.79 Å². The van der Waals surface area contributed by atoms with Crippen LogP contribution in [0, 0.1) is 5.92 Å². The quantitative estimate of drug-likeness (QED) is 0.398. The minimum atomic E-state index is -0.359. The van der Waals surface area contributed by atoms with Crippen molar-refractivity contribution in [1.29, 1.82) is 0 Å². The molecule has 0 radical (unpaired) electrons. The molecule has 0 bridgehead atoms. The molecule has 1 amide bonds. The van der Waals surface area contributed by atoms with Crippen molar-refractivity contribution in [3.63, 3.8) is 0 Å². The van der Waals surface area contributed by atoms with Gasteiger partial charge in [-0.25, -0.2) is 9.97 Å². The zero-order valence-corrected chi connectivity index (χ0v) is 16.8. The van der Waals surface area contributed by atoms with E-state index in [1.807, 2.05) is 24.4 Å². The van der Waals surface area contributed by atoms with E-state index in [4.69, 9.17) is 10.5 Å². The summed E-state index contributed by atoms with van der Waals surface area (Å²) in [4.78, 5) is 24.0. The van der Waals surface area contributed by atoms with Crippen molar-refractivity contribution in [2.24, 2.45) is 11.7 Å². The second-order valence-corrected chi connectivity index (χ2v) is 8.21. The maximum atomic E-state index is 11.9. The summed E-state index contributed by atoms with van der Waals surface area (Å²) in [6.07, 6.45) is 5.42. The smallest absolute Gasteiger partial charge is 0.240 e. The van der Waals surface area contributed by atoms with Gasteiger partial charge in [0, 0.05) is 35.4 Å². The lowest BCUT2D eigenvalue weighted by Crippen LogP contribution is -2.37. The van der Waals surface area contributed by atoms with Crippen LogP contribution < -0.4 is 21.1 Å². The molecule has 0 spiro atoms. The number of primary amides is 1. The molecule has 1 aliphatic heterocycles. The van der Waals surface area contributed by atoms with Gasteiger partial charge in [-0.3, -0.25) is 4.79 Å². The highest BCUT2D eigenvalue weighted by molar-refractivity contribution is 6.07. The third-order valence-corrected chi connectivity index (χ3v) is 6.04.